The topological polar surface area (TPSA) is 133 Å². The maximum atomic E-state index is 13.1. The maximum Gasteiger partial charge on any atom is 0.317 e. The molecule has 1 aliphatic rings. The minimum absolute atomic E-state index is 0.0174. The Balaban J connectivity index is 2.60. The fourth-order valence-electron chi connectivity index (χ4n) is 3.94. The average molecular weight is 450 g/mol. The number of carbonyl (C=O) groups is 3. The number of hydrogen-bond acceptors (Lipinski definition) is 8. The molecule has 0 heterocycles. The van der Waals surface area contributed by atoms with Crippen LogP contribution >= 0.6 is 0 Å². The van der Waals surface area contributed by atoms with Gasteiger partial charge in [-0.2, -0.15) is 0 Å². The largest absolute Gasteiger partial charge is 0.465 e. The highest BCUT2D eigenvalue weighted by molar-refractivity contribution is 6.02. The molecular formula is C23H31NO8. The summed E-state index contributed by atoms with van der Waals surface area (Å²) in [6.07, 6.45) is -0.443. The molecule has 0 saturated heterocycles. The van der Waals surface area contributed by atoms with Crippen LogP contribution in [0.4, 0.5) is 5.69 Å². The monoisotopic (exact) mass is 449 g/mol. The zero-order valence-electron chi connectivity index (χ0n) is 19.1. The summed E-state index contributed by atoms with van der Waals surface area (Å²) >= 11 is 0. The SMILES string of the molecule is CC(C)COC(=O)[C@H]1C(=O)C[C@](C)(O)[C@@H](C(=O)OCC(C)C)[C@H]1c1cccc([N+](=O)[O-])c1. The van der Waals surface area contributed by atoms with Crippen LogP contribution in [0.5, 0.6) is 0 Å². The van der Waals surface area contributed by atoms with Gasteiger partial charge in [0.1, 0.15) is 5.92 Å². The second-order valence-corrected chi connectivity index (χ2v) is 9.38. The van der Waals surface area contributed by atoms with Gasteiger partial charge in [0.2, 0.25) is 0 Å². The number of nitro groups is 1. The Hall–Kier alpha value is -2.81. The molecule has 176 valence electrons. The molecule has 1 aliphatic carbocycles. The van der Waals surface area contributed by atoms with Crippen molar-refractivity contribution in [3.8, 4) is 0 Å². The second-order valence-electron chi connectivity index (χ2n) is 9.38. The van der Waals surface area contributed by atoms with Gasteiger partial charge in [-0.1, -0.05) is 39.8 Å². The van der Waals surface area contributed by atoms with Gasteiger partial charge in [0.05, 0.1) is 29.7 Å². The van der Waals surface area contributed by atoms with E-state index >= 15 is 0 Å². The lowest BCUT2D eigenvalue weighted by Gasteiger charge is -2.43. The molecule has 1 fully saturated rings. The van der Waals surface area contributed by atoms with E-state index in [1.165, 1.54) is 31.2 Å². The van der Waals surface area contributed by atoms with Crippen LogP contribution in [0.1, 0.15) is 52.5 Å². The van der Waals surface area contributed by atoms with E-state index in [4.69, 9.17) is 9.47 Å². The first-order chi connectivity index (χ1) is 14.8. The highest BCUT2D eigenvalue weighted by atomic mass is 16.6. The predicted octanol–water partition coefficient (Wildman–Crippen LogP) is 3.03. The van der Waals surface area contributed by atoms with Crippen LogP contribution in [-0.2, 0) is 23.9 Å². The number of ether oxygens (including phenoxy) is 2. The number of Topliss-reactive ketones (excluding diaryl/α,β-unsaturated/α-hetero) is 1. The molecule has 1 N–H and O–H groups in total. The lowest BCUT2D eigenvalue weighted by molar-refractivity contribution is -0.385. The van der Waals surface area contributed by atoms with Crippen molar-refractivity contribution in [3.05, 3.63) is 39.9 Å². The summed E-state index contributed by atoms with van der Waals surface area (Å²) < 4.78 is 10.7. The first-order valence-corrected chi connectivity index (χ1v) is 10.7. The molecule has 32 heavy (non-hydrogen) atoms. The number of rotatable bonds is 8. The molecule has 0 bridgehead atoms. The number of hydrogen-bond donors (Lipinski definition) is 1. The minimum atomic E-state index is -1.81. The van der Waals surface area contributed by atoms with Crippen LogP contribution in [0.3, 0.4) is 0 Å². The van der Waals surface area contributed by atoms with E-state index in [9.17, 15) is 29.6 Å². The lowest BCUT2D eigenvalue weighted by atomic mass is 9.61. The van der Waals surface area contributed by atoms with Crippen LogP contribution < -0.4 is 0 Å². The van der Waals surface area contributed by atoms with E-state index in [1.807, 2.05) is 27.7 Å². The van der Waals surface area contributed by atoms with Crippen LogP contribution in [0.2, 0.25) is 0 Å². The van der Waals surface area contributed by atoms with Crippen molar-refractivity contribution in [2.45, 2.75) is 52.6 Å². The van der Waals surface area contributed by atoms with E-state index in [2.05, 4.69) is 0 Å². The van der Waals surface area contributed by atoms with Gasteiger partial charge in [0, 0.05) is 24.5 Å². The van der Waals surface area contributed by atoms with Gasteiger partial charge in [-0.25, -0.2) is 0 Å². The molecule has 0 aromatic heterocycles. The van der Waals surface area contributed by atoms with Crippen molar-refractivity contribution < 1.29 is 33.9 Å². The summed E-state index contributed by atoms with van der Waals surface area (Å²) in [7, 11) is 0. The van der Waals surface area contributed by atoms with Crippen LogP contribution in [0.15, 0.2) is 24.3 Å². The van der Waals surface area contributed by atoms with Crippen molar-refractivity contribution in [1.29, 1.82) is 0 Å². The molecule has 0 radical (unpaired) electrons. The third-order valence-electron chi connectivity index (χ3n) is 5.36. The highest BCUT2D eigenvalue weighted by Crippen LogP contribution is 2.47. The van der Waals surface area contributed by atoms with Gasteiger partial charge in [0.15, 0.2) is 5.78 Å². The molecule has 1 aromatic carbocycles. The summed E-state index contributed by atoms with van der Waals surface area (Å²) in [4.78, 5) is 49.7. The number of esters is 2. The molecule has 1 saturated carbocycles. The van der Waals surface area contributed by atoms with Gasteiger partial charge in [-0.05, 0) is 24.3 Å². The lowest BCUT2D eigenvalue weighted by Crippen LogP contribution is -2.55. The smallest absolute Gasteiger partial charge is 0.317 e. The van der Waals surface area contributed by atoms with E-state index in [0.29, 0.717) is 0 Å². The van der Waals surface area contributed by atoms with Crippen LogP contribution in [-0.4, -0.2) is 46.6 Å². The second kappa shape index (κ2) is 10.2. The average Bonchev–Trinajstić information content (AvgIpc) is 2.69. The summed E-state index contributed by atoms with van der Waals surface area (Å²) in [6.45, 7) is 8.87. The molecule has 0 unspecified atom stereocenters. The quantitative estimate of drug-likeness (QED) is 0.277. The fourth-order valence-corrected chi connectivity index (χ4v) is 3.94. The van der Waals surface area contributed by atoms with Crippen molar-refractivity contribution in [1.82, 2.24) is 0 Å². The molecule has 4 atom stereocenters. The summed E-state index contributed by atoms with van der Waals surface area (Å²) in [5.74, 6) is -6.00. The van der Waals surface area contributed by atoms with Crippen molar-refractivity contribution >= 4 is 23.4 Å². The fraction of sp³-hybridized carbons (Fsp3) is 0.609. The number of aliphatic hydroxyl groups is 1. The molecule has 1 aromatic rings. The summed E-state index contributed by atoms with van der Waals surface area (Å²) in [5, 5.41) is 22.4. The Bertz CT molecular complexity index is 877. The third-order valence-corrected chi connectivity index (χ3v) is 5.36. The summed E-state index contributed by atoms with van der Waals surface area (Å²) in [6, 6.07) is 5.39. The zero-order valence-corrected chi connectivity index (χ0v) is 19.1. The number of ketones is 1. The Morgan fingerprint density at radius 3 is 2.25 bits per heavy atom. The van der Waals surface area contributed by atoms with Gasteiger partial charge in [-0.15, -0.1) is 0 Å². The predicted molar refractivity (Wildman–Crippen MR) is 115 cm³/mol. The van der Waals surface area contributed by atoms with E-state index < -0.39 is 52.4 Å². The van der Waals surface area contributed by atoms with E-state index in [-0.39, 0.29) is 36.3 Å². The number of carbonyl (C=O) groups excluding carboxylic acids is 3. The van der Waals surface area contributed by atoms with Crippen LogP contribution in [0, 0.1) is 33.8 Å². The van der Waals surface area contributed by atoms with Crippen molar-refractivity contribution in [2.24, 2.45) is 23.7 Å². The van der Waals surface area contributed by atoms with Crippen molar-refractivity contribution in [2.75, 3.05) is 13.2 Å². The molecular weight excluding hydrogens is 418 g/mol. The first-order valence-electron chi connectivity index (χ1n) is 10.7. The molecule has 0 amide bonds. The number of benzene rings is 1. The van der Waals surface area contributed by atoms with Gasteiger partial charge in [0.25, 0.3) is 5.69 Å². The highest BCUT2D eigenvalue weighted by Gasteiger charge is 2.57. The normalized spacial score (nSPS) is 25.6. The van der Waals surface area contributed by atoms with E-state index in [1.54, 1.807) is 0 Å². The minimum Gasteiger partial charge on any atom is -0.465 e. The number of nitrogens with zero attached hydrogens (tertiary/aromatic N) is 1. The zero-order chi connectivity index (χ0) is 24.2. The molecule has 9 heteroatoms. The van der Waals surface area contributed by atoms with Gasteiger partial charge < -0.3 is 14.6 Å². The summed E-state index contributed by atoms with van der Waals surface area (Å²) in [5.41, 5.74) is -1.86. The molecule has 2 rings (SSSR count). The molecule has 0 aliphatic heterocycles. The van der Waals surface area contributed by atoms with Gasteiger partial charge >= 0.3 is 11.9 Å². The maximum absolute atomic E-state index is 13.1. The Morgan fingerprint density at radius 2 is 1.72 bits per heavy atom. The van der Waals surface area contributed by atoms with Crippen molar-refractivity contribution in [3.63, 3.8) is 0 Å². The molecule has 0 spiro atoms. The number of nitro benzene ring substituents is 1. The van der Waals surface area contributed by atoms with Gasteiger partial charge in [-0.3, -0.25) is 24.5 Å². The van der Waals surface area contributed by atoms with Crippen LogP contribution in [0.25, 0.3) is 0 Å². The Morgan fingerprint density at radius 1 is 1.16 bits per heavy atom. The Labute approximate surface area is 187 Å². The molecule has 9 nitrogen and oxygen atoms in total. The standard InChI is InChI=1S/C23H31NO8/c1-13(2)11-31-21(26)19-17(25)10-23(5,28)20(22(27)32-12-14(3)4)18(19)15-7-6-8-16(9-15)24(29)30/h6-9,13-14,18-20,28H,10-12H2,1-5H3/t18-,19-,20+,23-/m0/s1. The Kier molecular flexibility index (Phi) is 8.12. The third kappa shape index (κ3) is 5.91. The number of non-ortho nitro benzene ring substituents is 1. The van der Waals surface area contributed by atoms with E-state index in [0.717, 1.165) is 0 Å². The first kappa shape index (κ1) is 25.5.